The third-order valence-electron chi connectivity index (χ3n) is 12.4. The molecular formula is C46H58FN7O10. The van der Waals surface area contributed by atoms with E-state index in [-0.39, 0.29) is 29.7 Å². The molecule has 6 amide bonds. The highest BCUT2D eigenvalue weighted by Gasteiger charge is 2.42. The predicted octanol–water partition coefficient (Wildman–Crippen LogP) is 5.29. The Morgan fingerprint density at radius 3 is 1.33 bits per heavy atom. The lowest BCUT2D eigenvalue weighted by Crippen LogP contribution is -2.56. The van der Waals surface area contributed by atoms with Gasteiger partial charge in [-0.2, -0.15) is 0 Å². The fraction of sp³-hybridized carbons (Fsp3) is 0.478. The zero-order valence-corrected chi connectivity index (χ0v) is 37.0. The molecule has 3 fully saturated rings. The normalized spacial score (nSPS) is 21.3. The summed E-state index contributed by atoms with van der Waals surface area (Å²) in [6.07, 6.45) is 0.785. The minimum atomic E-state index is -1.04. The number of benzene rings is 3. The van der Waals surface area contributed by atoms with E-state index in [9.17, 15) is 33.2 Å². The second-order valence-corrected chi connectivity index (χ2v) is 16.2. The molecule has 0 aromatic heterocycles. The minimum Gasteiger partial charge on any atom is -0.453 e. The molecule has 8 atom stereocenters. The molecule has 64 heavy (non-hydrogen) atoms. The van der Waals surface area contributed by atoms with Crippen molar-refractivity contribution in [3.8, 4) is 0 Å². The highest BCUT2D eigenvalue weighted by molar-refractivity contribution is 6.00. The molecule has 0 radical (unpaired) electrons. The minimum absolute atomic E-state index is 0.103. The van der Waals surface area contributed by atoms with Crippen molar-refractivity contribution in [2.75, 3.05) is 57.1 Å². The van der Waals surface area contributed by atoms with Gasteiger partial charge in [0.2, 0.25) is 23.6 Å². The lowest BCUT2D eigenvalue weighted by Gasteiger charge is -2.33. The summed E-state index contributed by atoms with van der Waals surface area (Å²) in [5, 5.41) is 11.0. The fourth-order valence-corrected chi connectivity index (χ4v) is 8.83. The molecular weight excluding hydrogens is 830 g/mol. The Labute approximate surface area is 372 Å². The number of carbonyl (C=O) groups excluding carboxylic acids is 6. The second kappa shape index (κ2) is 21.4. The van der Waals surface area contributed by atoms with Gasteiger partial charge in [-0.25, -0.2) is 14.0 Å². The first kappa shape index (κ1) is 47.2. The first-order chi connectivity index (χ1) is 30.8. The number of nitrogens with one attached hydrogen (secondary N) is 4. The van der Waals surface area contributed by atoms with E-state index in [4.69, 9.17) is 18.9 Å². The van der Waals surface area contributed by atoms with E-state index in [1.807, 2.05) is 48.5 Å². The van der Waals surface area contributed by atoms with Crippen LogP contribution in [0.5, 0.6) is 0 Å². The fourth-order valence-electron chi connectivity index (χ4n) is 8.83. The van der Waals surface area contributed by atoms with Crippen LogP contribution in [0.25, 0.3) is 0 Å². The third kappa shape index (κ3) is 10.7. The number of carbonyl (C=O) groups is 6. The van der Waals surface area contributed by atoms with Crippen LogP contribution in [0.2, 0.25) is 0 Å². The monoisotopic (exact) mass is 887 g/mol. The topological polar surface area (TPSA) is 197 Å². The van der Waals surface area contributed by atoms with Crippen LogP contribution < -0.4 is 26.2 Å². The van der Waals surface area contributed by atoms with Crippen LogP contribution >= 0.6 is 0 Å². The molecule has 3 heterocycles. The van der Waals surface area contributed by atoms with Crippen LogP contribution in [0.3, 0.4) is 0 Å². The summed E-state index contributed by atoms with van der Waals surface area (Å²) in [5.74, 6) is -1.92. The van der Waals surface area contributed by atoms with Crippen LogP contribution in [-0.4, -0.2) is 124 Å². The Hall–Kier alpha value is -6.27. The number of anilines is 3. The van der Waals surface area contributed by atoms with E-state index in [2.05, 4.69) is 26.2 Å². The molecule has 17 nitrogen and oxygen atoms in total. The molecule has 6 rings (SSSR count). The number of rotatable bonds is 15. The molecule has 18 heteroatoms. The summed E-state index contributed by atoms with van der Waals surface area (Å²) in [5.41, 5.74) is 3.89. The largest absolute Gasteiger partial charge is 0.453 e. The molecule has 0 aliphatic carbocycles. The van der Waals surface area contributed by atoms with Gasteiger partial charge in [0, 0.05) is 44.4 Å². The van der Waals surface area contributed by atoms with Gasteiger partial charge in [-0.1, -0.05) is 24.3 Å². The summed E-state index contributed by atoms with van der Waals surface area (Å²) < 4.78 is 34.3. The molecule has 3 aromatic carbocycles. The Morgan fingerprint density at radius 1 is 0.578 bits per heavy atom. The van der Waals surface area contributed by atoms with E-state index < -0.39 is 60.4 Å². The van der Waals surface area contributed by atoms with Gasteiger partial charge in [-0.15, -0.1) is 0 Å². The van der Waals surface area contributed by atoms with Crippen molar-refractivity contribution in [2.24, 2.45) is 0 Å². The molecule has 0 spiro atoms. The molecule has 0 saturated carbocycles. The number of nitrogens with zero attached hydrogens (tertiary/aromatic N) is 3. The molecule has 3 aliphatic rings. The molecule has 3 saturated heterocycles. The maximum absolute atomic E-state index is 14.2. The maximum atomic E-state index is 14.2. The van der Waals surface area contributed by atoms with Crippen molar-refractivity contribution in [1.82, 2.24) is 20.4 Å². The average Bonchev–Trinajstić information content (AvgIpc) is 4.11. The quantitative estimate of drug-likeness (QED) is 0.155. The number of amides is 6. The molecule has 3 aliphatic heterocycles. The van der Waals surface area contributed by atoms with Gasteiger partial charge < -0.3 is 54.9 Å². The van der Waals surface area contributed by atoms with Crippen LogP contribution in [0.4, 0.5) is 31.0 Å². The molecule has 4 N–H and O–H groups in total. The Balaban J connectivity index is 1.14. The summed E-state index contributed by atoms with van der Waals surface area (Å²) in [6, 6.07) is 17.7. The third-order valence-corrected chi connectivity index (χ3v) is 12.4. The van der Waals surface area contributed by atoms with Crippen molar-refractivity contribution in [3.63, 3.8) is 0 Å². The van der Waals surface area contributed by atoms with Gasteiger partial charge >= 0.3 is 12.2 Å². The van der Waals surface area contributed by atoms with Crippen molar-refractivity contribution >= 4 is 52.9 Å². The lowest BCUT2D eigenvalue weighted by molar-refractivity contribution is -0.141. The zero-order chi connectivity index (χ0) is 46.1. The Bertz CT molecular complexity index is 2000. The number of halogens is 1. The summed E-state index contributed by atoms with van der Waals surface area (Å²) in [6.45, 7) is 4.00. The van der Waals surface area contributed by atoms with Crippen molar-refractivity contribution in [1.29, 1.82) is 0 Å². The van der Waals surface area contributed by atoms with Gasteiger partial charge in [0.05, 0.1) is 38.5 Å². The smallest absolute Gasteiger partial charge is 0.407 e. The molecule has 0 bridgehead atoms. The van der Waals surface area contributed by atoms with Crippen LogP contribution in [0.1, 0.15) is 75.6 Å². The highest BCUT2D eigenvalue weighted by atomic mass is 19.1. The molecule has 2 unspecified atom stereocenters. The number of likely N-dealkylation sites (tertiary alicyclic amines) is 2. The summed E-state index contributed by atoms with van der Waals surface area (Å²) in [4.78, 5) is 83.7. The van der Waals surface area contributed by atoms with E-state index in [0.717, 1.165) is 29.7 Å². The van der Waals surface area contributed by atoms with Crippen molar-refractivity contribution < 1.29 is 52.1 Å². The Kier molecular flexibility index (Phi) is 15.8. The van der Waals surface area contributed by atoms with E-state index >= 15 is 0 Å². The van der Waals surface area contributed by atoms with Gasteiger partial charge in [-0.05, 0) is 112 Å². The number of ether oxygens (including phenoxy) is 4. The van der Waals surface area contributed by atoms with Gasteiger partial charge in [0.25, 0.3) is 0 Å². The second-order valence-electron chi connectivity index (χ2n) is 16.2. The highest BCUT2D eigenvalue weighted by Crippen LogP contribution is 2.47. The predicted molar refractivity (Wildman–Crippen MR) is 235 cm³/mol. The maximum Gasteiger partial charge on any atom is 0.407 e. The Morgan fingerprint density at radius 2 is 0.969 bits per heavy atom. The number of hydrogen-bond acceptors (Lipinski definition) is 11. The first-order valence-corrected chi connectivity index (χ1v) is 21.5. The lowest BCUT2D eigenvalue weighted by atomic mass is 10.0. The standard InChI is InChI=1S/C46H58FN7O10/c1-27(61-3)39(50-45(59)63-5)43(57)52-25-7-9-37(52)41(55)48-32-17-11-29(12-18-32)35-23-24-36(54(35)34-21-15-31(47)16-22-34)30-13-19-33(20-14-30)49-42(56)38-10-8-26-53(38)44(58)40(28(2)62-4)51-46(60)64-6/h11-22,27-28,35-40H,7-10,23-26H2,1-6H3,(H,48,55)(H,49,56)(H,50,59)(H,51,60)/t27-,28-,35+,36+,37+,38?,39+,40?/m1/s1. The first-order valence-electron chi connectivity index (χ1n) is 21.5. The van der Waals surface area contributed by atoms with Crippen molar-refractivity contribution in [3.05, 3.63) is 89.7 Å². The average molecular weight is 888 g/mol. The van der Waals surface area contributed by atoms with Crippen LogP contribution in [0, 0.1) is 5.82 Å². The molecule has 3 aromatic rings. The van der Waals surface area contributed by atoms with Gasteiger partial charge in [0.1, 0.15) is 30.0 Å². The zero-order valence-electron chi connectivity index (χ0n) is 37.0. The van der Waals surface area contributed by atoms with Crippen LogP contribution in [0.15, 0.2) is 72.8 Å². The van der Waals surface area contributed by atoms with Gasteiger partial charge in [-0.3, -0.25) is 19.2 Å². The summed E-state index contributed by atoms with van der Waals surface area (Å²) >= 11 is 0. The van der Waals surface area contributed by atoms with Crippen molar-refractivity contribution in [2.45, 2.75) is 101 Å². The number of methoxy groups -OCH3 is 4. The summed E-state index contributed by atoms with van der Waals surface area (Å²) in [7, 11) is 5.27. The van der Waals surface area contributed by atoms with Gasteiger partial charge in [0.15, 0.2) is 0 Å². The number of hydrogen-bond donors (Lipinski definition) is 4. The SMILES string of the molecule is COC(=O)NC(C(=O)N1CCCC1C(=O)Nc1ccc([C@@H]2CC[C@@H](c3ccc(NC(=O)[C@@H]4CCCN4C(=O)[C@@H](NC(=O)OC)[C@@H](C)OC)cc3)N2c2ccc(F)cc2)cc1)[C@@H](C)OC. The number of alkyl carbamates (subject to hydrolysis) is 2. The van der Waals surface area contributed by atoms with E-state index in [1.165, 1.54) is 50.4 Å². The van der Waals surface area contributed by atoms with E-state index in [1.54, 1.807) is 26.0 Å². The molecule has 344 valence electrons. The van der Waals surface area contributed by atoms with Crippen LogP contribution in [-0.2, 0) is 38.1 Å². The van der Waals surface area contributed by atoms with E-state index in [0.29, 0.717) is 50.1 Å².